The molecule has 2 heterocycles. The molecular weight excluding hydrogens is 310 g/mol. The van der Waals surface area contributed by atoms with Crippen molar-refractivity contribution in [3.63, 3.8) is 0 Å². The normalized spacial score (nSPS) is 28.6. The van der Waals surface area contributed by atoms with Crippen LogP contribution in [-0.2, 0) is 13.5 Å². The van der Waals surface area contributed by atoms with Crippen molar-refractivity contribution < 1.29 is 0 Å². The number of hydrogen-bond donors (Lipinski definition) is 1. The molecule has 0 saturated carbocycles. The van der Waals surface area contributed by atoms with Gasteiger partial charge < -0.3 is 5.32 Å². The smallest absolute Gasteiger partial charge is 0.0847 e. The second kappa shape index (κ2) is 6.95. The van der Waals surface area contributed by atoms with Crippen molar-refractivity contribution in [1.29, 1.82) is 0 Å². The van der Waals surface area contributed by atoms with E-state index in [-0.39, 0.29) is 0 Å². The fraction of sp³-hybridized carbons (Fsp3) is 0.786. The minimum absolute atomic E-state index is 0.440. The molecule has 114 valence electrons. The molecule has 3 nitrogen and oxygen atoms in total. The lowest BCUT2D eigenvalue weighted by Gasteiger charge is -2.35. The predicted octanol–water partition coefficient (Wildman–Crippen LogP) is 3.14. The Hall–Kier alpha value is 0.160. The van der Waals surface area contributed by atoms with Crippen molar-refractivity contribution in [2.24, 2.45) is 7.05 Å². The standard InChI is InChI=1S/C14H24ClN3S2/c1-8-14(15)12(18(5)17-8)6-11(16-4)13-7-19-9(2)10(3)20-13/h9-11,13,16H,6-7H2,1-5H3. The molecule has 1 fully saturated rings. The van der Waals surface area contributed by atoms with Crippen LogP contribution in [0.15, 0.2) is 0 Å². The molecule has 20 heavy (non-hydrogen) atoms. The van der Waals surface area contributed by atoms with Gasteiger partial charge in [0.25, 0.3) is 0 Å². The van der Waals surface area contributed by atoms with Crippen LogP contribution in [0, 0.1) is 6.92 Å². The zero-order valence-electron chi connectivity index (χ0n) is 12.8. The van der Waals surface area contributed by atoms with Crippen molar-refractivity contribution in [1.82, 2.24) is 15.1 Å². The number of aryl methyl sites for hydroxylation is 2. The van der Waals surface area contributed by atoms with Gasteiger partial charge in [0.15, 0.2) is 0 Å². The summed E-state index contributed by atoms with van der Waals surface area (Å²) in [4.78, 5) is 0. The quantitative estimate of drug-likeness (QED) is 0.916. The molecule has 0 bridgehead atoms. The minimum Gasteiger partial charge on any atom is -0.315 e. The third-order valence-electron chi connectivity index (χ3n) is 4.07. The van der Waals surface area contributed by atoms with Crippen LogP contribution < -0.4 is 5.32 Å². The molecular formula is C14H24ClN3S2. The summed E-state index contributed by atoms with van der Waals surface area (Å²) in [7, 11) is 4.03. The number of nitrogens with zero attached hydrogens (tertiary/aromatic N) is 2. The number of nitrogens with one attached hydrogen (secondary N) is 1. The molecule has 1 aliphatic rings. The maximum absolute atomic E-state index is 6.38. The van der Waals surface area contributed by atoms with E-state index >= 15 is 0 Å². The third kappa shape index (κ3) is 3.49. The summed E-state index contributed by atoms with van der Waals surface area (Å²) in [6.45, 7) is 6.63. The van der Waals surface area contributed by atoms with Crippen LogP contribution in [-0.4, -0.2) is 44.4 Å². The molecule has 4 unspecified atom stereocenters. The van der Waals surface area contributed by atoms with Gasteiger partial charge in [-0.25, -0.2) is 0 Å². The van der Waals surface area contributed by atoms with Crippen molar-refractivity contribution in [3.05, 3.63) is 16.4 Å². The van der Waals surface area contributed by atoms with Crippen LogP contribution in [0.1, 0.15) is 25.2 Å². The monoisotopic (exact) mass is 333 g/mol. The second-order valence-electron chi connectivity index (χ2n) is 5.49. The van der Waals surface area contributed by atoms with Crippen LogP contribution in [0.4, 0.5) is 0 Å². The van der Waals surface area contributed by atoms with Gasteiger partial charge >= 0.3 is 0 Å². The van der Waals surface area contributed by atoms with Crippen LogP contribution >= 0.6 is 35.1 Å². The summed E-state index contributed by atoms with van der Waals surface area (Å²) in [6, 6.07) is 0.440. The number of likely N-dealkylation sites (N-methyl/N-ethyl adjacent to an activating group) is 1. The molecule has 1 aromatic rings. The van der Waals surface area contributed by atoms with Crippen molar-refractivity contribution in [3.8, 4) is 0 Å². The minimum atomic E-state index is 0.440. The van der Waals surface area contributed by atoms with Crippen LogP contribution in [0.25, 0.3) is 0 Å². The zero-order chi connectivity index (χ0) is 14.9. The van der Waals surface area contributed by atoms with E-state index in [1.807, 2.05) is 18.7 Å². The van der Waals surface area contributed by atoms with Gasteiger partial charge in [-0.1, -0.05) is 25.4 Å². The lowest BCUT2D eigenvalue weighted by molar-refractivity contribution is 0.532. The Bertz CT molecular complexity index is 464. The molecule has 2 rings (SSSR count). The second-order valence-corrected chi connectivity index (χ2v) is 8.90. The lowest BCUT2D eigenvalue weighted by Crippen LogP contribution is -2.43. The van der Waals surface area contributed by atoms with Gasteiger partial charge in [0.1, 0.15) is 0 Å². The summed E-state index contributed by atoms with van der Waals surface area (Å²) >= 11 is 10.6. The highest BCUT2D eigenvalue weighted by molar-refractivity contribution is 8.07. The van der Waals surface area contributed by atoms with Crippen molar-refractivity contribution >= 4 is 35.1 Å². The van der Waals surface area contributed by atoms with Gasteiger partial charge in [-0.3, -0.25) is 4.68 Å². The molecule has 4 atom stereocenters. The molecule has 1 N–H and O–H groups in total. The maximum Gasteiger partial charge on any atom is 0.0847 e. The summed E-state index contributed by atoms with van der Waals surface area (Å²) in [5.74, 6) is 1.20. The number of halogens is 1. The van der Waals surface area contributed by atoms with E-state index in [1.54, 1.807) is 0 Å². The Morgan fingerprint density at radius 3 is 2.65 bits per heavy atom. The fourth-order valence-corrected chi connectivity index (χ4v) is 5.95. The molecule has 1 aromatic heterocycles. The number of aromatic nitrogens is 2. The molecule has 0 aromatic carbocycles. The molecule has 0 aliphatic carbocycles. The molecule has 1 saturated heterocycles. The van der Waals surface area contributed by atoms with Crippen molar-refractivity contribution in [2.45, 2.75) is 49.0 Å². The van der Waals surface area contributed by atoms with E-state index in [0.717, 1.165) is 28.1 Å². The average Bonchev–Trinajstić information content (AvgIpc) is 2.65. The summed E-state index contributed by atoms with van der Waals surface area (Å²) in [6.07, 6.45) is 0.937. The van der Waals surface area contributed by atoms with E-state index in [9.17, 15) is 0 Å². The van der Waals surface area contributed by atoms with E-state index in [2.05, 4.69) is 54.8 Å². The average molecular weight is 334 g/mol. The Morgan fingerprint density at radius 1 is 1.45 bits per heavy atom. The SMILES string of the molecule is CNC(Cc1c(Cl)c(C)nn1C)C1CSC(C)C(C)S1. The van der Waals surface area contributed by atoms with Gasteiger partial charge in [-0.2, -0.15) is 28.6 Å². The first-order chi connectivity index (χ1) is 9.43. The first-order valence-corrected chi connectivity index (χ1v) is 9.43. The molecule has 1 aliphatic heterocycles. The molecule has 0 spiro atoms. The molecule has 0 amide bonds. The maximum atomic E-state index is 6.38. The molecule has 0 radical (unpaired) electrons. The van der Waals surface area contributed by atoms with E-state index in [0.29, 0.717) is 16.5 Å². The summed E-state index contributed by atoms with van der Waals surface area (Å²) in [5.41, 5.74) is 2.06. The Kier molecular flexibility index (Phi) is 5.74. The number of rotatable bonds is 4. The summed E-state index contributed by atoms with van der Waals surface area (Å²) < 4.78 is 1.93. The van der Waals surface area contributed by atoms with Gasteiger partial charge in [0.2, 0.25) is 0 Å². The summed E-state index contributed by atoms with van der Waals surface area (Å²) in [5, 5.41) is 10.8. The third-order valence-corrected chi connectivity index (χ3v) is 8.11. The zero-order valence-corrected chi connectivity index (χ0v) is 15.2. The Labute approximate surface area is 135 Å². The highest BCUT2D eigenvalue weighted by Gasteiger charge is 2.31. The van der Waals surface area contributed by atoms with Crippen molar-refractivity contribution in [2.75, 3.05) is 12.8 Å². The lowest BCUT2D eigenvalue weighted by atomic mass is 10.1. The topological polar surface area (TPSA) is 29.9 Å². The van der Waals surface area contributed by atoms with Crippen LogP contribution in [0.5, 0.6) is 0 Å². The largest absolute Gasteiger partial charge is 0.315 e. The predicted molar refractivity (Wildman–Crippen MR) is 92.3 cm³/mol. The number of thioether (sulfide) groups is 2. The van der Waals surface area contributed by atoms with Gasteiger partial charge in [-0.15, -0.1) is 0 Å². The van der Waals surface area contributed by atoms with Gasteiger partial charge in [0, 0.05) is 41.0 Å². The van der Waals surface area contributed by atoms with Crippen LogP contribution in [0.2, 0.25) is 5.02 Å². The highest BCUT2D eigenvalue weighted by Crippen LogP contribution is 2.38. The van der Waals surface area contributed by atoms with Gasteiger partial charge in [-0.05, 0) is 14.0 Å². The van der Waals surface area contributed by atoms with Crippen LogP contribution in [0.3, 0.4) is 0 Å². The van der Waals surface area contributed by atoms with Gasteiger partial charge in [0.05, 0.1) is 16.4 Å². The number of hydrogen-bond acceptors (Lipinski definition) is 4. The van der Waals surface area contributed by atoms with E-state index < -0.39 is 0 Å². The Morgan fingerprint density at radius 2 is 2.15 bits per heavy atom. The molecule has 6 heteroatoms. The van der Waals surface area contributed by atoms with E-state index in [4.69, 9.17) is 11.6 Å². The fourth-order valence-electron chi connectivity index (χ4n) is 2.55. The first kappa shape index (κ1) is 16.5. The van der Waals surface area contributed by atoms with E-state index in [1.165, 1.54) is 5.75 Å². The highest BCUT2D eigenvalue weighted by atomic mass is 35.5. The Balaban J connectivity index is 2.09. The first-order valence-electron chi connectivity index (χ1n) is 7.06.